The van der Waals surface area contributed by atoms with E-state index in [0.29, 0.717) is 28.4 Å². The maximum atomic E-state index is 13.9. The molecule has 1 N–H and O–H groups in total. The molecule has 0 saturated heterocycles. The Hall–Kier alpha value is -3.42. The minimum Gasteiger partial charge on any atom is -0.493 e. The minimum absolute atomic E-state index is 0.179. The Morgan fingerprint density at radius 1 is 1.10 bits per heavy atom. The number of carbonyl (C=O) groups excluding carboxylic acids is 1. The van der Waals surface area contributed by atoms with E-state index in [0.717, 1.165) is 5.56 Å². The Kier molecular flexibility index (Phi) is 5.81. The SMILES string of the molecule is COc1ccc([C@@H](C)NC(=O)c2nnn(-c3ccc(C)c(F)c3)c2C)cc1OC. The third-order valence-electron chi connectivity index (χ3n) is 4.76. The van der Waals surface area contributed by atoms with Crippen LogP contribution in [0, 0.1) is 19.7 Å². The van der Waals surface area contributed by atoms with Gasteiger partial charge in [0.15, 0.2) is 17.2 Å². The van der Waals surface area contributed by atoms with E-state index in [1.165, 1.54) is 10.7 Å². The number of halogens is 1. The van der Waals surface area contributed by atoms with Crippen molar-refractivity contribution < 1.29 is 18.7 Å². The number of methoxy groups -OCH3 is 2. The quantitative estimate of drug-likeness (QED) is 0.687. The van der Waals surface area contributed by atoms with Gasteiger partial charge in [-0.3, -0.25) is 4.79 Å². The highest BCUT2D eigenvalue weighted by molar-refractivity contribution is 5.93. The van der Waals surface area contributed by atoms with Crippen molar-refractivity contribution in [1.82, 2.24) is 20.3 Å². The van der Waals surface area contributed by atoms with Crippen LogP contribution in [0.5, 0.6) is 11.5 Å². The summed E-state index contributed by atoms with van der Waals surface area (Å²) in [4.78, 5) is 12.7. The van der Waals surface area contributed by atoms with Crippen molar-refractivity contribution in [3.8, 4) is 17.2 Å². The molecule has 3 rings (SSSR count). The van der Waals surface area contributed by atoms with E-state index >= 15 is 0 Å². The molecule has 3 aromatic rings. The maximum absolute atomic E-state index is 13.9. The number of ether oxygens (including phenoxy) is 2. The molecular weight excluding hydrogens is 375 g/mol. The number of rotatable bonds is 6. The summed E-state index contributed by atoms with van der Waals surface area (Å²) in [5, 5.41) is 10.9. The smallest absolute Gasteiger partial charge is 0.274 e. The molecule has 0 fully saturated rings. The van der Waals surface area contributed by atoms with Gasteiger partial charge >= 0.3 is 0 Å². The second kappa shape index (κ2) is 8.30. The largest absolute Gasteiger partial charge is 0.493 e. The lowest BCUT2D eigenvalue weighted by Gasteiger charge is -2.16. The Bertz CT molecular complexity index is 1050. The number of hydrogen-bond donors (Lipinski definition) is 1. The van der Waals surface area contributed by atoms with Gasteiger partial charge in [-0.05, 0) is 56.2 Å². The third-order valence-corrected chi connectivity index (χ3v) is 4.76. The van der Waals surface area contributed by atoms with Gasteiger partial charge in [-0.15, -0.1) is 5.10 Å². The average Bonchev–Trinajstić information content (AvgIpc) is 3.10. The first kappa shape index (κ1) is 20.3. The van der Waals surface area contributed by atoms with Crippen LogP contribution in [-0.4, -0.2) is 35.1 Å². The van der Waals surface area contributed by atoms with Crippen molar-refractivity contribution in [1.29, 1.82) is 0 Å². The summed E-state index contributed by atoms with van der Waals surface area (Å²) in [6.07, 6.45) is 0. The molecule has 8 heteroatoms. The van der Waals surface area contributed by atoms with Crippen molar-refractivity contribution >= 4 is 5.91 Å². The van der Waals surface area contributed by atoms with E-state index < -0.39 is 0 Å². The maximum Gasteiger partial charge on any atom is 0.274 e. The predicted octanol–water partition coefficient (Wildman–Crippen LogP) is 3.53. The molecule has 1 heterocycles. The summed E-state index contributed by atoms with van der Waals surface area (Å²) >= 11 is 0. The summed E-state index contributed by atoms with van der Waals surface area (Å²) in [5.41, 5.74) is 2.59. The second-order valence-corrected chi connectivity index (χ2v) is 6.68. The molecule has 0 radical (unpaired) electrons. The lowest BCUT2D eigenvalue weighted by atomic mass is 10.1. The molecule has 0 aliphatic carbocycles. The number of nitrogens with one attached hydrogen (secondary N) is 1. The van der Waals surface area contributed by atoms with Crippen molar-refractivity contribution in [2.75, 3.05) is 14.2 Å². The van der Waals surface area contributed by atoms with Crippen LogP contribution in [0.2, 0.25) is 0 Å². The molecular formula is C21H23FN4O3. The molecule has 0 spiro atoms. The van der Waals surface area contributed by atoms with Crippen LogP contribution >= 0.6 is 0 Å². The van der Waals surface area contributed by atoms with Gasteiger partial charge in [0.25, 0.3) is 5.91 Å². The third kappa shape index (κ3) is 4.06. The van der Waals surface area contributed by atoms with E-state index in [1.807, 2.05) is 19.1 Å². The summed E-state index contributed by atoms with van der Waals surface area (Å²) < 4.78 is 25.9. The molecule has 0 unspecified atom stereocenters. The highest BCUT2D eigenvalue weighted by Gasteiger charge is 2.20. The van der Waals surface area contributed by atoms with Crippen LogP contribution in [0.25, 0.3) is 5.69 Å². The van der Waals surface area contributed by atoms with Gasteiger partial charge in [-0.1, -0.05) is 17.3 Å². The Labute approximate surface area is 168 Å². The van der Waals surface area contributed by atoms with Crippen LogP contribution < -0.4 is 14.8 Å². The zero-order valence-corrected chi connectivity index (χ0v) is 17.0. The number of aromatic nitrogens is 3. The fourth-order valence-corrected chi connectivity index (χ4v) is 2.97. The molecule has 1 amide bonds. The first-order chi connectivity index (χ1) is 13.8. The monoisotopic (exact) mass is 398 g/mol. The topological polar surface area (TPSA) is 78.3 Å². The standard InChI is InChI=1S/C21H23FN4O3/c1-12-6-8-16(11-17(12)22)26-14(3)20(24-25-26)21(27)23-13(2)15-7-9-18(28-4)19(10-15)29-5/h6-11,13H,1-5H3,(H,23,27)/t13-/m1/s1. The molecule has 1 atom stereocenters. The number of hydrogen-bond acceptors (Lipinski definition) is 5. The summed E-state index contributed by atoms with van der Waals surface area (Å²) in [6, 6.07) is 9.89. The van der Waals surface area contributed by atoms with Gasteiger partial charge in [0.1, 0.15) is 5.82 Å². The molecule has 29 heavy (non-hydrogen) atoms. The molecule has 2 aromatic carbocycles. The number of benzene rings is 2. The number of aryl methyl sites for hydroxylation is 1. The second-order valence-electron chi connectivity index (χ2n) is 6.68. The molecule has 0 aliphatic rings. The zero-order chi connectivity index (χ0) is 21.1. The molecule has 0 saturated carbocycles. The summed E-state index contributed by atoms with van der Waals surface area (Å²) in [5.74, 6) is 0.475. The van der Waals surface area contributed by atoms with E-state index in [2.05, 4.69) is 15.6 Å². The minimum atomic E-state index is -0.372. The molecule has 0 bridgehead atoms. The number of amides is 1. The van der Waals surface area contributed by atoms with Gasteiger partial charge < -0.3 is 14.8 Å². The van der Waals surface area contributed by atoms with Crippen LogP contribution in [0.15, 0.2) is 36.4 Å². The van der Waals surface area contributed by atoms with E-state index in [1.54, 1.807) is 46.3 Å². The number of carbonyl (C=O) groups is 1. The lowest BCUT2D eigenvalue weighted by molar-refractivity contribution is 0.0934. The fraction of sp³-hybridized carbons (Fsp3) is 0.286. The Morgan fingerprint density at radius 3 is 2.48 bits per heavy atom. The van der Waals surface area contributed by atoms with E-state index in [4.69, 9.17) is 9.47 Å². The Balaban J connectivity index is 1.81. The fourth-order valence-electron chi connectivity index (χ4n) is 2.97. The van der Waals surface area contributed by atoms with Gasteiger partial charge in [0, 0.05) is 0 Å². The van der Waals surface area contributed by atoms with Crippen molar-refractivity contribution in [3.63, 3.8) is 0 Å². The highest BCUT2D eigenvalue weighted by atomic mass is 19.1. The van der Waals surface area contributed by atoms with Crippen LogP contribution in [0.4, 0.5) is 4.39 Å². The first-order valence-corrected chi connectivity index (χ1v) is 9.07. The van der Waals surface area contributed by atoms with Crippen LogP contribution in [-0.2, 0) is 0 Å². The number of nitrogens with zero attached hydrogens (tertiary/aromatic N) is 3. The lowest BCUT2D eigenvalue weighted by Crippen LogP contribution is -2.27. The molecule has 0 aliphatic heterocycles. The predicted molar refractivity (Wildman–Crippen MR) is 106 cm³/mol. The van der Waals surface area contributed by atoms with Crippen LogP contribution in [0.3, 0.4) is 0 Å². The van der Waals surface area contributed by atoms with Crippen molar-refractivity contribution in [2.24, 2.45) is 0 Å². The first-order valence-electron chi connectivity index (χ1n) is 9.07. The zero-order valence-electron chi connectivity index (χ0n) is 17.0. The molecule has 7 nitrogen and oxygen atoms in total. The Morgan fingerprint density at radius 2 is 1.83 bits per heavy atom. The van der Waals surface area contributed by atoms with Crippen LogP contribution in [0.1, 0.15) is 40.3 Å². The molecule has 1 aromatic heterocycles. The summed E-state index contributed by atoms with van der Waals surface area (Å²) in [6.45, 7) is 5.25. The molecule has 152 valence electrons. The van der Waals surface area contributed by atoms with Gasteiger partial charge in [-0.25, -0.2) is 9.07 Å². The van der Waals surface area contributed by atoms with Gasteiger partial charge in [0.2, 0.25) is 0 Å². The van der Waals surface area contributed by atoms with Crippen molar-refractivity contribution in [2.45, 2.75) is 26.8 Å². The summed E-state index contributed by atoms with van der Waals surface area (Å²) in [7, 11) is 3.12. The van der Waals surface area contributed by atoms with Gasteiger partial charge in [-0.2, -0.15) is 0 Å². The van der Waals surface area contributed by atoms with E-state index in [9.17, 15) is 9.18 Å². The highest BCUT2D eigenvalue weighted by Crippen LogP contribution is 2.30. The van der Waals surface area contributed by atoms with E-state index in [-0.39, 0.29) is 23.5 Å². The average molecular weight is 398 g/mol. The normalized spacial score (nSPS) is 11.8. The van der Waals surface area contributed by atoms with Gasteiger partial charge in [0.05, 0.1) is 31.6 Å². The van der Waals surface area contributed by atoms with Crippen molar-refractivity contribution in [3.05, 3.63) is 64.7 Å².